The van der Waals surface area contributed by atoms with Gasteiger partial charge in [-0.05, 0) is 46.8 Å². The summed E-state index contributed by atoms with van der Waals surface area (Å²) in [6.45, 7) is -0.155. The quantitative estimate of drug-likeness (QED) is 0.744. The van der Waals surface area contributed by atoms with Crippen LogP contribution in [0.2, 0.25) is 5.02 Å². The van der Waals surface area contributed by atoms with Crippen molar-refractivity contribution in [2.45, 2.75) is 11.4 Å². The van der Waals surface area contributed by atoms with E-state index >= 15 is 0 Å². The molecule has 1 aromatic heterocycles. The lowest BCUT2D eigenvalue weighted by Gasteiger charge is -2.08. The SMILES string of the molecule is O=S(=O)(NCc1nnnn1-c1ccc(F)cc1)c1ccccc1Cl. The van der Waals surface area contributed by atoms with E-state index in [9.17, 15) is 12.8 Å². The standard InChI is InChI=1S/C14H11ClFN5O2S/c15-12-3-1-2-4-13(12)24(22,23)17-9-14-18-19-20-21(14)11-7-5-10(16)6-8-11/h1-8,17H,9H2. The second-order valence-electron chi connectivity index (χ2n) is 4.74. The van der Waals surface area contributed by atoms with Crippen LogP contribution in [0.5, 0.6) is 0 Å². The van der Waals surface area contributed by atoms with Gasteiger partial charge in [0.1, 0.15) is 10.7 Å². The molecule has 0 aliphatic carbocycles. The highest BCUT2D eigenvalue weighted by molar-refractivity contribution is 7.89. The molecule has 1 heterocycles. The largest absolute Gasteiger partial charge is 0.242 e. The molecule has 0 spiro atoms. The molecule has 24 heavy (non-hydrogen) atoms. The van der Waals surface area contributed by atoms with Gasteiger partial charge >= 0.3 is 0 Å². The van der Waals surface area contributed by atoms with Crippen LogP contribution in [0.25, 0.3) is 5.69 Å². The van der Waals surface area contributed by atoms with Crippen LogP contribution in [0.4, 0.5) is 4.39 Å². The van der Waals surface area contributed by atoms with Crippen LogP contribution in [-0.4, -0.2) is 28.6 Å². The normalized spacial score (nSPS) is 11.6. The highest BCUT2D eigenvalue weighted by Crippen LogP contribution is 2.20. The van der Waals surface area contributed by atoms with E-state index in [1.807, 2.05) is 0 Å². The minimum Gasteiger partial charge on any atom is -0.207 e. The molecule has 0 bridgehead atoms. The molecule has 124 valence electrons. The number of halogens is 2. The Hall–Kier alpha value is -2.36. The van der Waals surface area contributed by atoms with Crippen LogP contribution >= 0.6 is 11.6 Å². The van der Waals surface area contributed by atoms with Crippen molar-refractivity contribution >= 4 is 21.6 Å². The lowest BCUT2D eigenvalue weighted by Crippen LogP contribution is -2.25. The zero-order valence-corrected chi connectivity index (χ0v) is 13.7. The van der Waals surface area contributed by atoms with E-state index in [-0.39, 0.29) is 22.3 Å². The van der Waals surface area contributed by atoms with Gasteiger partial charge in [-0.3, -0.25) is 0 Å². The zero-order chi connectivity index (χ0) is 17.2. The molecule has 0 saturated heterocycles. The summed E-state index contributed by atoms with van der Waals surface area (Å²) in [5.41, 5.74) is 0.508. The third kappa shape index (κ3) is 3.42. The van der Waals surface area contributed by atoms with E-state index in [4.69, 9.17) is 11.6 Å². The summed E-state index contributed by atoms with van der Waals surface area (Å²) in [6.07, 6.45) is 0. The second kappa shape index (κ2) is 6.63. The Labute approximate surface area is 142 Å². The van der Waals surface area contributed by atoms with E-state index in [1.165, 1.54) is 41.1 Å². The molecular weight excluding hydrogens is 357 g/mol. The maximum atomic E-state index is 13.0. The predicted molar refractivity (Wildman–Crippen MR) is 84.6 cm³/mol. The molecule has 1 N–H and O–H groups in total. The summed E-state index contributed by atoms with van der Waals surface area (Å²) >= 11 is 5.91. The van der Waals surface area contributed by atoms with Crippen LogP contribution < -0.4 is 4.72 Å². The lowest BCUT2D eigenvalue weighted by molar-refractivity contribution is 0.578. The molecule has 2 aromatic carbocycles. The van der Waals surface area contributed by atoms with Crippen molar-refractivity contribution in [3.8, 4) is 5.69 Å². The minimum atomic E-state index is -3.82. The fourth-order valence-electron chi connectivity index (χ4n) is 2.00. The molecule has 0 amide bonds. The first-order valence-electron chi connectivity index (χ1n) is 6.75. The van der Waals surface area contributed by atoms with E-state index in [1.54, 1.807) is 12.1 Å². The number of tetrazole rings is 1. The Morgan fingerprint density at radius 2 is 1.83 bits per heavy atom. The monoisotopic (exact) mass is 367 g/mol. The van der Waals surface area contributed by atoms with Gasteiger partial charge < -0.3 is 0 Å². The molecule has 0 aliphatic heterocycles. The Balaban J connectivity index is 1.82. The Morgan fingerprint density at radius 1 is 1.12 bits per heavy atom. The fourth-order valence-corrected chi connectivity index (χ4v) is 3.50. The zero-order valence-electron chi connectivity index (χ0n) is 12.1. The van der Waals surface area contributed by atoms with Gasteiger partial charge in [0.05, 0.1) is 17.3 Å². The summed E-state index contributed by atoms with van der Waals surface area (Å²) in [6, 6.07) is 11.6. The summed E-state index contributed by atoms with van der Waals surface area (Å²) in [7, 11) is -3.82. The number of aromatic nitrogens is 4. The van der Waals surface area contributed by atoms with Crippen LogP contribution in [0, 0.1) is 5.82 Å². The number of benzene rings is 2. The van der Waals surface area contributed by atoms with Crippen LogP contribution in [0.15, 0.2) is 53.4 Å². The van der Waals surface area contributed by atoms with Crippen molar-refractivity contribution in [3.63, 3.8) is 0 Å². The fraction of sp³-hybridized carbons (Fsp3) is 0.0714. The number of sulfonamides is 1. The Bertz CT molecular complexity index is 959. The van der Waals surface area contributed by atoms with Gasteiger partial charge in [0, 0.05) is 0 Å². The van der Waals surface area contributed by atoms with Crippen molar-refractivity contribution in [2.75, 3.05) is 0 Å². The van der Waals surface area contributed by atoms with E-state index < -0.39 is 15.8 Å². The van der Waals surface area contributed by atoms with Gasteiger partial charge in [0.15, 0.2) is 5.82 Å². The molecule has 3 aromatic rings. The number of nitrogens with one attached hydrogen (secondary N) is 1. The average molecular weight is 368 g/mol. The summed E-state index contributed by atoms with van der Waals surface area (Å²) in [5, 5.41) is 11.2. The van der Waals surface area contributed by atoms with Crippen molar-refractivity contribution in [2.24, 2.45) is 0 Å². The molecule has 10 heteroatoms. The van der Waals surface area contributed by atoms with Crippen molar-refractivity contribution in [3.05, 3.63) is 65.2 Å². The first-order valence-corrected chi connectivity index (χ1v) is 8.61. The molecule has 3 rings (SSSR count). The predicted octanol–water partition coefficient (Wildman–Crippen LogP) is 1.93. The molecule has 0 atom stereocenters. The smallest absolute Gasteiger partial charge is 0.207 e. The molecule has 0 saturated carbocycles. The topological polar surface area (TPSA) is 89.8 Å². The number of rotatable bonds is 5. The highest BCUT2D eigenvalue weighted by Gasteiger charge is 2.19. The highest BCUT2D eigenvalue weighted by atomic mass is 35.5. The van der Waals surface area contributed by atoms with Crippen LogP contribution in [0.1, 0.15) is 5.82 Å². The van der Waals surface area contributed by atoms with Crippen molar-refractivity contribution < 1.29 is 12.8 Å². The van der Waals surface area contributed by atoms with Gasteiger partial charge in [-0.15, -0.1) is 5.10 Å². The second-order valence-corrected chi connectivity index (χ2v) is 6.88. The minimum absolute atomic E-state index is 0.0347. The molecular formula is C14H11ClFN5O2S. The molecule has 0 aliphatic rings. The summed E-state index contributed by atoms with van der Waals surface area (Å²) in [5.74, 6) is -0.148. The molecule has 0 fully saturated rings. The third-order valence-electron chi connectivity index (χ3n) is 3.15. The van der Waals surface area contributed by atoms with Crippen LogP contribution in [-0.2, 0) is 16.6 Å². The van der Waals surface area contributed by atoms with Gasteiger partial charge in [0.25, 0.3) is 0 Å². The van der Waals surface area contributed by atoms with Crippen molar-refractivity contribution in [1.82, 2.24) is 24.9 Å². The number of nitrogens with zero attached hydrogens (tertiary/aromatic N) is 4. The first-order chi connectivity index (χ1) is 11.5. The van der Waals surface area contributed by atoms with E-state index in [0.29, 0.717) is 5.69 Å². The van der Waals surface area contributed by atoms with E-state index in [2.05, 4.69) is 20.2 Å². The van der Waals surface area contributed by atoms with Gasteiger partial charge in [-0.1, -0.05) is 23.7 Å². The third-order valence-corrected chi connectivity index (χ3v) is 5.05. The Morgan fingerprint density at radius 3 is 2.54 bits per heavy atom. The van der Waals surface area contributed by atoms with E-state index in [0.717, 1.165) is 0 Å². The van der Waals surface area contributed by atoms with Crippen LogP contribution in [0.3, 0.4) is 0 Å². The van der Waals surface area contributed by atoms with Crippen molar-refractivity contribution in [1.29, 1.82) is 0 Å². The molecule has 0 unspecified atom stereocenters. The van der Waals surface area contributed by atoms with Gasteiger partial charge in [-0.25, -0.2) is 17.5 Å². The summed E-state index contributed by atoms with van der Waals surface area (Å²) in [4.78, 5) is -0.0347. The Kier molecular flexibility index (Phi) is 4.56. The van der Waals surface area contributed by atoms with Gasteiger partial charge in [-0.2, -0.15) is 4.68 Å². The van der Waals surface area contributed by atoms with Gasteiger partial charge in [0.2, 0.25) is 10.0 Å². The molecule has 7 nitrogen and oxygen atoms in total. The summed E-state index contributed by atoms with van der Waals surface area (Å²) < 4.78 is 41.3. The average Bonchev–Trinajstić information content (AvgIpc) is 3.02. The first kappa shape index (κ1) is 16.5. The maximum absolute atomic E-state index is 13.0. The number of hydrogen-bond acceptors (Lipinski definition) is 5. The number of hydrogen-bond donors (Lipinski definition) is 1. The maximum Gasteiger partial charge on any atom is 0.242 e. The lowest BCUT2D eigenvalue weighted by atomic mass is 10.3. The molecule has 0 radical (unpaired) electrons.